The van der Waals surface area contributed by atoms with Crippen molar-refractivity contribution < 1.29 is 5.11 Å². The Balaban J connectivity index is 2.14. The number of benzene rings is 1. The topological polar surface area (TPSA) is 23.5 Å². The minimum absolute atomic E-state index is 0.0205. The molecule has 4 heteroatoms. The summed E-state index contributed by atoms with van der Waals surface area (Å²) in [5.41, 5.74) is 3.11. The van der Waals surface area contributed by atoms with E-state index < -0.39 is 0 Å². The SMILES string of the molecule is CN(Cc1ccsc1)c1ccc(CO)c(Cl)c1. The Labute approximate surface area is 110 Å². The molecule has 0 aliphatic heterocycles. The van der Waals surface area contributed by atoms with E-state index in [1.54, 1.807) is 11.3 Å². The maximum absolute atomic E-state index is 9.06. The van der Waals surface area contributed by atoms with Gasteiger partial charge in [0.1, 0.15) is 0 Å². The molecule has 1 aromatic carbocycles. The van der Waals surface area contributed by atoms with Crippen LogP contribution in [0.25, 0.3) is 0 Å². The lowest BCUT2D eigenvalue weighted by molar-refractivity contribution is 0.282. The van der Waals surface area contributed by atoms with Gasteiger partial charge in [-0.2, -0.15) is 11.3 Å². The van der Waals surface area contributed by atoms with Gasteiger partial charge in [0.25, 0.3) is 0 Å². The molecule has 0 radical (unpaired) electrons. The molecule has 0 unspecified atom stereocenters. The van der Waals surface area contributed by atoms with Crippen LogP contribution in [0, 0.1) is 0 Å². The fraction of sp³-hybridized carbons (Fsp3) is 0.231. The fourth-order valence-electron chi connectivity index (χ4n) is 1.65. The van der Waals surface area contributed by atoms with Crippen LogP contribution < -0.4 is 4.90 Å². The molecule has 17 heavy (non-hydrogen) atoms. The first kappa shape index (κ1) is 12.4. The van der Waals surface area contributed by atoms with Crippen molar-refractivity contribution in [2.45, 2.75) is 13.2 Å². The minimum Gasteiger partial charge on any atom is -0.392 e. The van der Waals surface area contributed by atoms with Crippen LogP contribution in [-0.4, -0.2) is 12.2 Å². The van der Waals surface area contributed by atoms with Gasteiger partial charge in [-0.1, -0.05) is 17.7 Å². The summed E-state index contributed by atoms with van der Waals surface area (Å²) < 4.78 is 0. The summed E-state index contributed by atoms with van der Waals surface area (Å²) >= 11 is 7.77. The molecule has 0 bridgehead atoms. The van der Waals surface area contributed by atoms with Gasteiger partial charge in [0.05, 0.1) is 6.61 Å². The van der Waals surface area contributed by atoms with Crippen molar-refractivity contribution in [3.8, 4) is 0 Å². The van der Waals surface area contributed by atoms with Crippen molar-refractivity contribution in [3.63, 3.8) is 0 Å². The molecule has 0 spiro atoms. The zero-order valence-corrected chi connectivity index (χ0v) is 11.1. The van der Waals surface area contributed by atoms with Crippen LogP contribution in [-0.2, 0) is 13.2 Å². The second kappa shape index (κ2) is 5.54. The number of aliphatic hydroxyl groups is 1. The molecule has 0 saturated heterocycles. The molecule has 0 fully saturated rings. The number of thiophene rings is 1. The summed E-state index contributed by atoms with van der Waals surface area (Å²) in [4.78, 5) is 2.13. The molecule has 1 aromatic heterocycles. The van der Waals surface area contributed by atoms with Gasteiger partial charge in [-0.15, -0.1) is 0 Å². The van der Waals surface area contributed by atoms with Crippen LogP contribution in [0.2, 0.25) is 5.02 Å². The van der Waals surface area contributed by atoms with Crippen molar-refractivity contribution >= 4 is 28.6 Å². The van der Waals surface area contributed by atoms with Crippen LogP contribution in [0.1, 0.15) is 11.1 Å². The highest BCUT2D eigenvalue weighted by Crippen LogP contribution is 2.24. The number of nitrogens with zero attached hydrogens (tertiary/aromatic N) is 1. The molecule has 2 rings (SSSR count). The molecule has 0 saturated carbocycles. The molecular weight excluding hydrogens is 254 g/mol. The average molecular weight is 268 g/mol. The van der Waals surface area contributed by atoms with E-state index in [0.29, 0.717) is 5.02 Å². The van der Waals surface area contributed by atoms with Gasteiger partial charge in [-0.3, -0.25) is 0 Å². The maximum atomic E-state index is 9.06. The van der Waals surface area contributed by atoms with Gasteiger partial charge in [-0.25, -0.2) is 0 Å². The monoisotopic (exact) mass is 267 g/mol. The van der Waals surface area contributed by atoms with E-state index in [-0.39, 0.29) is 6.61 Å². The minimum atomic E-state index is -0.0205. The Kier molecular flexibility index (Phi) is 4.05. The molecule has 90 valence electrons. The number of halogens is 1. The molecule has 0 aliphatic carbocycles. The van der Waals surface area contributed by atoms with Gasteiger partial charge >= 0.3 is 0 Å². The number of hydrogen-bond donors (Lipinski definition) is 1. The summed E-state index contributed by atoms with van der Waals surface area (Å²) in [6.45, 7) is 0.839. The van der Waals surface area contributed by atoms with Crippen molar-refractivity contribution in [1.29, 1.82) is 0 Å². The van der Waals surface area contributed by atoms with E-state index in [1.165, 1.54) is 5.56 Å². The normalized spacial score (nSPS) is 10.5. The third kappa shape index (κ3) is 3.00. The molecule has 1 N–H and O–H groups in total. The quantitative estimate of drug-likeness (QED) is 0.916. The van der Waals surface area contributed by atoms with Gasteiger partial charge in [0, 0.05) is 24.3 Å². The first-order valence-electron chi connectivity index (χ1n) is 5.32. The van der Waals surface area contributed by atoms with E-state index in [0.717, 1.165) is 17.8 Å². The summed E-state index contributed by atoms with van der Waals surface area (Å²) in [5.74, 6) is 0. The third-order valence-corrected chi connectivity index (χ3v) is 3.73. The molecule has 0 amide bonds. The van der Waals surface area contributed by atoms with E-state index >= 15 is 0 Å². The number of aliphatic hydroxyl groups excluding tert-OH is 1. The molecule has 2 nitrogen and oxygen atoms in total. The van der Waals surface area contributed by atoms with Gasteiger partial charge in [0.2, 0.25) is 0 Å². The second-order valence-corrected chi connectivity index (χ2v) is 5.11. The Bertz CT molecular complexity index is 484. The van der Waals surface area contributed by atoms with Gasteiger partial charge in [0.15, 0.2) is 0 Å². The highest BCUT2D eigenvalue weighted by Gasteiger charge is 2.05. The number of hydrogen-bond acceptors (Lipinski definition) is 3. The maximum Gasteiger partial charge on any atom is 0.0696 e. The van der Waals surface area contributed by atoms with Gasteiger partial charge < -0.3 is 10.0 Å². The van der Waals surface area contributed by atoms with Gasteiger partial charge in [-0.05, 0) is 40.1 Å². The summed E-state index contributed by atoms with van der Waals surface area (Å²) in [6.07, 6.45) is 0. The zero-order chi connectivity index (χ0) is 12.3. The molecular formula is C13H14ClNOS. The van der Waals surface area contributed by atoms with Crippen LogP contribution in [0.3, 0.4) is 0 Å². The van der Waals surface area contributed by atoms with E-state index in [9.17, 15) is 0 Å². The smallest absolute Gasteiger partial charge is 0.0696 e. The van der Waals surface area contributed by atoms with Crippen LogP contribution in [0.4, 0.5) is 5.69 Å². The van der Waals surface area contributed by atoms with Crippen LogP contribution in [0.5, 0.6) is 0 Å². The van der Waals surface area contributed by atoms with E-state index in [4.69, 9.17) is 16.7 Å². The Morgan fingerprint density at radius 1 is 1.35 bits per heavy atom. The summed E-state index contributed by atoms with van der Waals surface area (Å²) in [5, 5.41) is 13.9. The Hall–Kier alpha value is -1.03. The molecule has 2 aromatic rings. The predicted octanol–water partition coefficient (Wildman–Crippen LogP) is 3.53. The van der Waals surface area contributed by atoms with E-state index in [2.05, 4.69) is 21.7 Å². The molecule has 0 atom stereocenters. The standard InChI is InChI=1S/C13H14ClNOS/c1-15(7-10-4-5-17-9-10)12-3-2-11(8-16)13(14)6-12/h2-6,9,16H,7-8H2,1H3. The van der Waals surface area contributed by atoms with Crippen molar-refractivity contribution in [1.82, 2.24) is 0 Å². The number of anilines is 1. The predicted molar refractivity (Wildman–Crippen MR) is 73.8 cm³/mol. The third-order valence-electron chi connectivity index (χ3n) is 2.65. The lowest BCUT2D eigenvalue weighted by Gasteiger charge is -2.19. The zero-order valence-electron chi connectivity index (χ0n) is 9.56. The largest absolute Gasteiger partial charge is 0.392 e. The Morgan fingerprint density at radius 2 is 2.18 bits per heavy atom. The lowest BCUT2D eigenvalue weighted by Crippen LogP contribution is -2.15. The lowest BCUT2D eigenvalue weighted by atomic mass is 10.2. The Morgan fingerprint density at radius 3 is 2.76 bits per heavy atom. The highest BCUT2D eigenvalue weighted by molar-refractivity contribution is 7.07. The first-order chi connectivity index (χ1) is 8.20. The highest BCUT2D eigenvalue weighted by atomic mass is 35.5. The molecule has 0 aliphatic rings. The van der Waals surface area contributed by atoms with Crippen LogP contribution in [0.15, 0.2) is 35.0 Å². The first-order valence-corrected chi connectivity index (χ1v) is 6.64. The summed E-state index contributed by atoms with van der Waals surface area (Å²) in [6, 6.07) is 7.84. The van der Waals surface area contributed by atoms with Crippen molar-refractivity contribution in [2.75, 3.05) is 11.9 Å². The van der Waals surface area contributed by atoms with Crippen molar-refractivity contribution in [3.05, 3.63) is 51.2 Å². The fourth-order valence-corrected chi connectivity index (χ4v) is 2.54. The summed E-state index contributed by atoms with van der Waals surface area (Å²) in [7, 11) is 2.03. The van der Waals surface area contributed by atoms with Crippen LogP contribution >= 0.6 is 22.9 Å². The average Bonchev–Trinajstić information content (AvgIpc) is 2.81. The van der Waals surface area contributed by atoms with Crippen molar-refractivity contribution in [2.24, 2.45) is 0 Å². The van der Waals surface area contributed by atoms with E-state index in [1.807, 2.05) is 25.2 Å². The number of rotatable bonds is 4. The molecule has 1 heterocycles. The second-order valence-electron chi connectivity index (χ2n) is 3.92.